The molecule has 2 aromatic carbocycles. The first-order chi connectivity index (χ1) is 12.1. The van der Waals surface area contributed by atoms with Crippen molar-refractivity contribution in [3.63, 3.8) is 0 Å². The lowest BCUT2D eigenvalue weighted by atomic mass is 9.96. The first-order valence-electron chi connectivity index (χ1n) is 8.57. The highest BCUT2D eigenvalue weighted by molar-refractivity contribution is 5.74. The van der Waals surface area contributed by atoms with Crippen LogP contribution in [0.4, 0.5) is 9.18 Å². The van der Waals surface area contributed by atoms with E-state index in [2.05, 4.69) is 5.32 Å². The number of carbonyl (C=O) groups is 1. The number of urea groups is 1. The molecule has 0 saturated heterocycles. The average molecular weight is 342 g/mol. The predicted molar refractivity (Wildman–Crippen MR) is 94.6 cm³/mol. The first kappa shape index (κ1) is 17.4. The van der Waals surface area contributed by atoms with Gasteiger partial charge in [0.25, 0.3) is 0 Å². The van der Waals surface area contributed by atoms with Crippen LogP contribution in [0.3, 0.4) is 0 Å². The van der Waals surface area contributed by atoms with Crippen LogP contribution >= 0.6 is 0 Å². The van der Waals surface area contributed by atoms with Crippen molar-refractivity contribution >= 4 is 6.03 Å². The molecule has 0 spiro atoms. The molecule has 1 saturated carbocycles. The van der Waals surface area contributed by atoms with Gasteiger partial charge in [0.1, 0.15) is 5.82 Å². The maximum atomic E-state index is 13.1. The number of aliphatic hydroxyl groups is 1. The molecule has 0 aliphatic heterocycles. The minimum Gasteiger partial charge on any atom is -0.395 e. The van der Waals surface area contributed by atoms with Gasteiger partial charge in [0, 0.05) is 25.0 Å². The second-order valence-corrected chi connectivity index (χ2v) is 6.58. The molecule has 25 heavy (non-hydrogen) atoms. The summed E-state index contributed by atoms with van der Waals surface area (Å²) in [5.74, 6) is -0.249. The zero-order valence-corrected chi connectivity index (χ0v) is 14.1. The van der Waals surface area contributed by atoms with Crippen molar-refractivity contribution in [1.82, 2.24) is 10.2 Å². The molecule has 2 N–H and O–H groups in total. The fourth-order valence-corrected chi connectivity index (χ4v) is 3.06. The van der Waals surface area contributed by atoms with Gasteiger partial charge in [-0.15, -0.1) is 0 Å². The monoisotopic (exact) mass is 342 g/mol. The minimum absolute atomic E-state index is 0.0800. The summed E-state index contributed by atoms with van der Waals surface area (Å²) in [6, 6.07) is 16.0. The van der Waals surface area contributed by atoms with Gasteiger partial charge in [0.2, 0.25) is 0 Å². The molecule has 0 bridgehead atoms. The highest BCUT2D eigenvalue weighted by Crippen LogP contribution is 2.47. The summed E-state index contributed by atoms with van der Waals surface area (Å²) in [6.07, 6.45) is 1.97. The number of nitrogens with zero attached hydrogens (tertiary/aromatic N) is 1. The van der Waals surface area contributed by atoms with Crippen molar-refractivity contribution in [2.75, 3.05) is 19.7 Å². The van der Waals surface area contributed by atoms with E-state index in [0.717, 1.165) is 24.0 Å². The lowest BCUT2D eigenvalue weighted by Gasteiger charge is -2.24. The smallest absolute Gasteiger partial charge is 0.317 e. The second-order valence-electron chi connectivity index (χ2n) is 6.58. The Balaban J connectivity index is 1.60. The summed E-state index contributed by atoms with van der Waals surface area (Å²) in [5, 5.41) is 12.2. The van der Waals surface area contributed by atoms with Crippen LogP contribution in [0.15, 0.2) is 54.6 Å². The largest absolute Gasteiger partial charge is 0.395 e. The van der Waals surface area contributed by atoms with E-state index >= 15 is 0 Å². The third-order valence-electron chi connectivity index (χ3n) is 4.76. The van der Waals surface area contributed by atoms with Gasteiger partial charge in [0.15, 0.2) is 0 Å². The lowest BCUT2D eigenvalue weighted by Crippen LogP contribution is -2.43. The van der Waals surface area contributed by atoms with Gasteiger partial charge in [-0.1, -0.05) is 42.5 Å². The molecule has 0 unspecified atom stereocenters. The van der Waals surface area contributed by atoms with Crippen LogP contribution in [0.1, 0.15) is 24.0 Å². The van der Waals surface area contributed by atoms with Gasteiger partial charge >= 0.3 is 6.03 Å². The fraction of sp³-hybridized carbons (Fsp3) is 0.350. The topological polar surface area (TPSA) is 52.6 Å². The second kappa shape index (κ2) is 7.66. The predicted octanol–water partition coefficient (Wildman–Crippen LogP) is 3.06. The number of aliphatic hydroxyl groups excluding tert-OH is 1. The normalized spacial score (nSPS) is 14.8. The summed E-state index contributed by atoms with van der Waals surface area (Å²) in [5.41, 5.74) is 2.00. The van der Waals surface area contributed by atoms with E-state index in [9.17, 15) is 14.3 Å². The van der Waals surface area contributed by atoms with E-state index in [1.54, 1.807) is 17.0 Å². The molecule has 132 valence electrons. The molecule has 1 aliphatic carbocycles. The number of nitrogens with one attached hydrogen (secondary N) is 1. The lowest BCUT2D eigenvalue weighted by molar-refractivity contribution is 0.173. The van der Waals surface area contributed by atoms with Crippen molar-refractivity contribution in [2.45, 2.75) is 24.8 Å². The van der Waals surface area contributed by atoms with Crippen LogP contribution in [0.5, 0.6) is 0 Å². The number of hydrogen-bond donors (Lipinski definition) is 2. The van der Waals surface area contributed by atoms with Gasteiger partial charge in [-0.05, 0) is 36.1 Å². The molecule has 0 radical (unpaired) electrons. The highest BCUT2D eigenvalue weighted by Gasteiger charge is 2.44. The zero-order valence-electron chi connectivity index (χ0n) is 14.1. The standard InChI is InChI=1S/C20H23FN2O2/c21-18-8-6-17(7-9-18)20(10-11-20)15-22-19(25)23(12-13-24)14-16-4-2-1-3-5-16/h1-9,24H,10-15H2,(H,22,25). The van der Waals surface area contributed by atoms with E-state index in [4.69, 9.17) is 0 Å². The van der Waals surface area contributed by atoms with Gasteiger partial charge in [-0.25, -0.2) is 9.18 Å². The van der Waals surface area contributed by atoms with Crippen LogP contribution < -0.4 is 5.32 Å². The van der Waals surface area contributed by atoms with Gasteiger partial charge in [-0.2, -0.15) is 0 Å². The minimum atomic E-state index is -0.249. The molecule has 0 heterocycles. The Morgan fingerprint density at radius 3 is 2.40 bits per heavy atom. The molecule has 0 atom stereocenters. The number of amides is 2. The van der Waals surface area contributed by atoms with Crippen LogP contribution in [-0.4, -0.2) is 35.7 Å². The van der Waals surface area contributed by atoms with Crippen molar-refractivity contribution in [2.24, 2.45) is 0 Å². The molecule has 2 amide bonds. The number of hydrogen-bond acceptors (Lipinski definition) is 2. The Bertz CT molecular complexity index is 699. The number of benzene rings is 2. The van der Waals surface area contributed by atoms with Crippen LogP contribution in [0.2, 0.25) is 0 Å². The number of carbonyl (C=O) groups excluding carboxylic acids is 1. The first-order valence-corrected chi connectivity index (χ1v) is 8.57. The SMILES string of the molecule is O=C(NCC1(c2ccc(F)cc2)CC1)N(CCO)Cc1ccccc1. The summed E-state index contributed by atoms with van der Waals surface area (Å²) >= 11 is 0. The number of rotatable bonds is 7. The fourth-order valence-electron chi connectivity index (χ4n) is 3.06. The maximum absolute atomic E-state index is 13.1. The summed E-state index contributed by atoms with van der Waals surface area (Å²) < 4.78 is 13.1. The molecule has 1 fully saturated rings. The van der Waals surface area contributed by atoms with Crippen LogP contribution in [0.25, 0.3) is 0 Å². The number of halogens is 1. The summed E-state index contributed by atoms with van der Waals surface area (Å²) in [6.45, 7) is 1.18. The molecule has 5 heteroatoms. The van der Waals surface area contributed by atoms with Crippen molar-refractivity contribution in [3.8, 4) is 0 Å². The molecule has 1 aliphatic rings. The van der Waals surface area contributed by atoms with E-state index in [0.29, 0.717) is 13.1 Å². The van der Waals surface area contributed by atoms with Crippen LogP contribution in [0, 0.1) is 5.82 Å². The van der Waals surface area contributed by atoms with Crippen molar-refractivity contribution in [1.29, 1.82) is 0 Å². The zero-order chi connectivity index (χ0) is 17.7. The van der Waals surface area contributed by atoms with Crippen molar-refractivity contribution < 1.29 is 14.3 Å². The van der Waals surface area contributed by atoms with Crippen molar-refractivity contribution in [3.05, 3.63) is 71.5 Å². The van der Waals surface area contributed by atoms with Gasteiger partial charge < -0.3 is 15.3 Å². The Kier molecular flexibility index (Phi) is 5.34. The average Bonchev–Trinajstić information content (AvgIpc) is 3.42. The molecular weight excluding hydrogens is 319 g/mol. The summed E-state index contributed by atoms with van der Waals surface area (Å²) in [7, 11) is 0. The van der Waals surface area contributed by atoms with E-state index in [1.165, 1.54) is 12.1 Å². The molecule has 0 aromatic heterocycles. The van der Waals surface area contributed by atoms with Gasteiger partial charge in [0.05, 0.1) is 6.61 Å². The molecular formula is C20H23FN2O2. The summed E-state index contributed by atoms with van der Waals surface area (Å²) in [4.78, 5) is 14.1. The van der Waals surface area contributed by atoms with E-state index in [-0.39, 0.29) is 30.4 Å². The van der Waals surface area contributed by atoms with Crippen LogP contribution in [-0.2, 0) is 12.0 Å². The Morgan fingerprint density at radius 1 is 1.12 bits per heavy atom. The van der Waals surface area contributed by atoms with Gasteiger partial charge in [-0.3, -0.25) is 0 Å². The highest BCUT2D eigenvalue weighted by atomic mass is 19.1. The third-order valence-corrected chi connectivity index (χ3v) is 4.76. The van der Waals surface area contributed by atoms with E-state index < -0.39 is 0 Å². The Hall–Kier alpha value is -2.40. The Labute approximate surface area is 147 Å². The maximum Gasteiger partial charge on any atom is 0.317 e. The molecule has 4 nitrogen and oxygen atoms in total. The third kappa shape index (κ3) is 4.37. The van der Waals surface area contributed by atoms with E-state index in [1.807, 2.05) is 30.3 Å². The Morgan fingerprint density at radius 2 is 1.80 bits per heavy atom. The molecule has 3 rings (SSSR count). The quantitative estimate of drug-likeness (QED) is 0.812. The molecule has 2 aromatic rings.